The molecule has 2 aromatic rings. The van der Waals surface area contributed by atoms with Crippen LogP contribution in [0.4, 0.5) is 0 Å². The Hall–Kier alpha value is -1.76. The smallest absolute Gasteiger partial charge is 0.168 e. The van der Waals surface area contributed by atoms with E-state index >= 15 is 0 Å². The molecule has 1 aromatic carbocycles. The summed E-state index contributed by atoms with van der Waals surface area (Å²) in [5.74, 6) is 0. The van der Waals surface area contributed by atoms with E-state index in [1.807, 2.05) is 0 Å². The van der Waals surface area contributed by atoms with Crippen LogP contribution in [0, 0.1) is 6.92 Å². The quantitative estimate of drug-likeness (QED) is 0.723. The monoisotopic (exact) mass is 224 g/mol. The highest BCUT2D eigenvalue weighted by atomic mass is 32.2. The van der Waals surface area contributed by atoms with Crippen molar-refractivity contribution >= 4 is 10.7 Å². The Labute approximate surface area is 87.5 Å². The van der Waals surface area contributed by atoms with Crippen molar-refractivity contribution in [3.05, 3.63) is 30.1 Å². The molecule has 0 saturated carbocycles. The summed E-state index contributed by atoms with van der Waals surface area (Å²) >= 11 is 0. The Morgan fingerprint density at radius 2 is 2.13 bits per heavy atom. The van der Waals surface area contributed by atoms with E-state index < -0.39 is 10.7 Å². The first-order valence-corrected chi connectivity index (χ1v) is 5.34. The molecule has 0 N–H and O–H groups in total. The van der Waals surface area contributed by atoms with Crippen LogP contribution in [0.15, 0.2) is 29.4 Å². The number of thiol groups is 1. The largest absolute Gasteiger partial charge is 0.227 e. The summed E-state index contributed by atoms with van der Waals surface area (Å²) in [6.07, 6.45) is 1.46. The first-order chi connectivity index (χ1) is 7.18. The van der Waals surface area contributed by atoms with E-state index in [1.54, 1.807) is 19.1 Å². The summed E-state index contributed by atoms with van der Waals surface area (Å²) in [5.41, 5.74) is 1.57. The zero-order valence-corrected chi connectivity index (χ0v) is 8.76. The van der Waals surface area contributed by atoms with Crippen LogP contribution in [0.1, 0.15) is 5.56 Å². The molecular weight excluding hydrogens is 216 g/mol. The van der Waals surface area contributed by atoms with Gasteiger partial charge in [-0.05, 0) is 41.1 Å². The van der Waals surface area contributed by atoms with E-state index in [0.29, 0.717) is 4.90 Å². The maximum absolute atomic E-state index is 10.7. The lowest BCUT2D eigenvalue weighted by Crippen LogP contribution is -1.98. The summed E-state index contributed by atoms with van der Waals surface area (Å²) in [6, 6.07) is 4.78. The highest BCUT2D eigenvalue weighted by Crippen LogP contribution is 2.14. The molecule has 1 heterocycles. The predicted molar refractivity (Wildman–Crippen MR) is 52.5 cm³/mol. The highest BCUT2D eigenvalue weighted by molar-refractivity contribution is 7.72. The topological polar surface area (TPSA) is 77.7 Å². The first-order valence-electron chi connectivity index (χ1n) is 4.17. The van der Waals surface area contributed by atoms with Gasteiger partial charge in [-0.3, -0.25) is 0 Å². The van der Waals surface area contributed by atoms with Gasteiger partial charge in [-0.25, -0.2) is 13.1 Å². The molecule has 0 unspecified atom stereocenters. The SMILES string of the molecule is Cc1cc([SH](=O)=O)ccc1-n1cnnn1. The zero-order valence-electron chi connectivity index (χ0n) is 7.86. The molecule has 0 aliphatic heterocycles. The van der Waals surface area contributed by atoms with Gasteiger partial charge in [-0.1, -0.05) is 0 Å². The molecule has 0 spiro atoms. The van der Waals surface area contributed by atoms with Gasteiger partial charge >= 0.3 is 0 Å². The van der Waals surface area contributed by atoms with Crippen LogP contribution >= 0.6 is 0 Å². The standard InChI is InChI=1S/C8H8N4O2S/c1-6-4-7(15(13)14)2-3-8(6)12-5-9-10-11-12/h2-5,15H,1H3. The molecule has 15 heavy (non-hydrogen) atoms. The van der Waals surface area contributed by atoms with Gasteiger partial charge in [0.2, 0.25) is 0 Å². The van der Waals surface area contributed by atoms with Crippen LogP contribution in [0.2, 0.25) is 0 Å². The van der Waals surface area contributed by atoms with Crippen molar-refractivity contribution in [1.29, 1.82) is 0 Å². The van der Waals surface area contributed by atoms with E-state index in [2.05, 4.69) is 15.5 Å². The number of aryl methyl sites for hydroxylation is 1. The number of aromatic nitrogens is 4. The molecule has 0 bridgehead atoms. The van der Waals surface area contributed by atoms with Crippen LogP contribution in [-0.2, 0) is 10.7 Å². The molecular formula is C8H8N4O2S. The molecule has 0 aliphatic carbocycles. The Bertz CT molecular complexity index is 540. The van der Waals surface area contributed by atoms with E-state index in [9.17, 15) is 8.42 Å². The third-order valence-corrected chi connectivity index (χ3v) is 2.69. The lowest BCUT2D eigenvalue weighted by molar-refractivity contribution is 0.614. The second kappa shape index (κ2) is 3.77. The van der Waals surface area contributed by atoms with Crippen molar-refractivity contribution in [1.82, 2.24) is 20.2 Å². The second-order valence-electron chi connectivity index (χ2n) is 2.98. The van der Waals surface area contributed by atoms with Crippen molar-refractivity contribution in [3.8, 4) is 5.69 Å². The Kier molecular flexibility index (Phi) is 2.46. The van der Waals surface area contributed by atoms with Gasteiger partial charge in [0.15, 0.2) is 10.7 Å². The molecule has 1 aromatic heterocycles. The third-order valence-electron chi connectivity index (χ3n) is 1.99. The maximum Gasteiger partial charge on any atom is 0.168 e. The summed E-state index contributed by atoms with van der Waals surface area (Å²) in [6.45, 7) is 1.80. The average Bonchev–Trinajstić information content (AvgIpc) is 2.70. The molecule has 0 atom stereocenters. The fraction of sp³-hybridized carbons (Fsp3) is 0.125. The zero-order chi connectivity index (χ0) is 10.8. The van der Waals surface area contributed by atoms with Crippen LogP contribution < -0.4 is 0 Å². The van der Waals surface area contributed by atoms with Crippen molar-refractivity contribution < 1.29 is 8.42 Å². The lowest BCUT2D eigenvalue weighted by Gasteiger charge is -2.03. The summed E-state index contributed by atoms with van der Waals surface area (Å²) in [4.78, 5) is 0.291. The average molecular weight is 224 g/mol. The van der Waals surface area contributed by atoms with Crippen LogP contribution in [0.5, 0.6) is 0 Å². The van der Waals surface area contributed by atoms with Gasteiger partial charge in [-0.15, -0.1) is 5.10 Å². The highest BCUT2D eigenvalue weighted by Gasteiger charge is 2.04. The molecule has 78 valence electrons. The third kappa shape index (κ3) is 1.86. The maximum atomic E-state index is 10.7. The molecule has 0 amide bonds. The van der Waals surface area contributed by atoms with Gasteiger partial charge in [-0.2, -0.15) is 0 Å². The van der Waals surface area contributed by atoms with Crippen molar-refractivity contribution in [3.63, 3.8) is 0 Å². The Morgan fingerprint density at radius 1 is 1.33 bits per heavy atom. The normalized spacial score (nSPS) is 10.8. The number of nitrogens with zero attached hydrogens (tertiary/aromatic N) is 4. The summed E-state index contributed by atoms with van der Waals surface area (Å²) in [7, 11) is -2.54. The van der Waals surface area contributed by atoms with E-state index in [1.165, 1.54) is 17.1 Å². The molecule has 0 saturated heterocycles. The second-order valence-corrected chi connectivity index (χ2v) is 4.01. The minimum atomic E-state index is -2.54. The minimum absolute atomic E-state index is 0.291. The van der Waals surface area contributed by atoms with E-state index in [0.717, 1.165) is 11.3 Å². The minimum Gasteiger partial charge on any atom is -0.227 e. The number of tetrazole rings is 1. The van der Waals surface area contributed by atoms with Crippen molar-refractivity contribution in [2.24, 2.45) is 0 Å². The fourth-order valence-electron chi connectivity index (χ4n) is 1.28. The van der Waals surface area contributed by atoms with E-state index in [-0.39, 0.29) is 0 Å². The fourth-order valence-corrected chi connectivity index (χ4v) is 1.78. The van der Waals surface area contributed by atoms with Crippen molar-refractivity contribution in [2.45, 2.75) is 11.8 Å². The Balaban J connectivity index is 2.53. The summed E-state index contributed by atoms with van der Waals surface area (Å²) in [5, 5.41) is 10.7. The number of rotatable bonds is 2. The number of hydrogen-bond donors (Lipinski definition) is 1. The van der Waals surface area contributed by atoms with Crippen LogP contribution in [0.25, 0.3) is 5.69 Å². The van der Waals surface area contributed by atoms with Gasteiger partial charge in [0.25, 0.3) is 0 Å². The van der Waals surface area contributed by atoms with Gasteiger partial charge < -0.3 is 0 Å². The van der Waals surface area contributed by atoms with E-state index in [4.69, 9.17) is 0 Å². The van der Waals surface area contributed by atoms with Gasteiger partial charge in [0, 0.05) is 0 Å². The molecule has 0 fully saturated rings. The molecule has 6 nitrogen and oxygen atoms in total. The van der Waals surface area contributed by atoms with Gasteiger partial charge in [0.05, 0.1) is 10.6 Å². The number of hydrogen-bond acceptors (Lipinski definition) is 5. The molecule has 7 heteroatoms. The van der Waals surface area contributed by atoms with Crippen LogP contribution in [-0.4, -0.2) is 28.6 Å². The van der Waals surface area contributed by atoms with Crippen molar-refractivity contribution in [2.75, 3.05) is 0 Å². The molecule has 2 rings (SSSR count). The lowest BCUT2D eigenvalue weighted by atomic mass is 10.2. The molecule has 0 radical (unpaired) electrons. The molecule has 0 aliphatic rings. The number of benzene rings is 1. The predicted octanol–water partition coefficient (Wildman–Crippen LogP) is -0.0590. The van der Waals surface area contributed by atoms with Crippen LogP contribution in [0.3, 0.4) is 0 Å². The Morgan fingerprint density at radius 3 is 2.67 bits per heavy atom. The first kappa shape index (κ1) is 9.78. The summed E-state index contributed by atoms with van der Waals surface area (Å²) < 4.78 is 23.0. The van der Waals surface area contributed by atoms with Gasteiger partial charge in [0.1, 0.15) is 6.33 Å².